The Kier molecular flexibility index (Phi) is 5.62. The molecule has 12 heteroatoms. The molecule has 0 saturated carbocycles. The first kappa shape index (κ1) is 22.5. The fourth-order valence-electron chi connectivity index (χ4n) is 4.16. The zero-order valence-electron chi connectivity index (χ0n) is 18.6. The first-order valence-electron chi connectivity index (χ1n) is 10.6. The number of hydrogen-bond acceptors (Lipinski definition) is 6. The molecule has 1 aromatic carbocycles. The second kappa shape index (κ2) is 8.49. The highest BCUT2D eigenvalue weighted by Gasteiger charge is 2.33. The topological polar surface area (TPSA) is 115 Å². The van der Waals surface area contributed by atoms with E-state index >= 15 is 0 Å². The molecule has 5 rings (SSSR count). The smallest absolute Gasteiger partial charge is 0.268 e. The summed E-state index contributed by atoms with van der Waals surface area (Å²) in [5.41, 5.74) is 2.24. The van der Waals surface area contributed by atoms with Gasteiger partial charge in [-0.05, 0) is 36.8 Å². The lowest BCUT2D eigenvalue weighted by Gasteiger charge is -2.26. The summed E-state index contributed by atoms with van der Waals surface area (Å²) in [5, 5.41) is 12.1. The van der Waals surface area contributed by atoms with Crippen molar-refractivity contribution in [2.24, 2.45) is 7.05 Å². The lowest BCUT2D eigenvalue weighted by molar-refractivity contribution is 0.0942. The number of benzene rings is 1. The molecule has 0 fully saturated rings. The number of pyridine rings is 1. The molecule has 1 aliphatic rings. The number of aromatic nitrogens is 5. The summed E-state index contributed by atoms with van der Waals surface area (Å²) >= 11 is 6.39. The molecule has 0 spiro atoms. The Balaban J connectivity index is 1.40. The lowest BCUT2D eigenvalue weighted by atomic mass is 10.1. The highest BCUT2D eigenvalue weighted by atomic mass is 35.5. The first-order chi connectivity index (χ1) is 16.3. The van der Waals surface area contributed by atoms with E-state index in [1.54, 1.807) is 37.1 Å². The second-order valence-electron chi connectivity index (χ2n) is 8.10. The third kappa shape index (κ3) is 3.75. The van der Waals surface area contributed by atoms with Gasteiger partial charge in [0.2, 0.25) is 10.0 Å². The maximum atomic E-state index is 13.4. The van der Waals surface area contributed by atoms with Crippen LogP contribution < -0.4 is 5.32 Å². The van der Waals surface area contributed by atoms with E-state index in [2.05, 4.69) is 20.5 Å². The van der Waals surface area contributed by atoms with Gasteiger partial charge < -0.3 is 14.5 Å². The monoisotopic (exact) mass is 499 g/mol. The van der Waals surface area contributed by atoms with Crippen LogP contribution in [-0.2, 0) is 36.7 Å². The highest BCUT2D eigenvalue weighted by Crippen LogP contribution is 2.27. The van der Waals surface area contributed by atoms with Gasteiger partial charge in [-0.25, -0.2) is 8.42 Å². The predicted octanol–water partition coefficient (Wildman–Crippen LogP) is 2.26. The van der Waals surface area contributed by atoms with Crippen LogP contribution in [0.3, 0.4) is 0 Å². The van der Waals surface area contributed by atoms with Crippen LogP contribution in [0, 0.1) is 6.92 Å². The van der Waals surface area contributed by atoms with Gasteiger partial charge in [-0.2, -0.15) is 4.31 Å². The van der Waals surface area contributed by atoms with Crippen molar-refractivity contribution in [3.8, 4) is 0 Å². The van der Waals surface area contributed by atoms with Gasteiger partial charge in [0.1, 0.15) is 22.7 Å². The molecular formula is C22H22ClN7O3S. The van der Waals surface area contributed by atoms with Gasteiger partial charge in [0.05, 0.1) is 12.1 Å². The van der Waals surface area contributed by atoms with Crippen LogP contribution in [-0.4, -0.2) is 49.5 Å². The standard InChI is InChI=1S/C22H22ClN7O3S/c1-14-20(34(32,33)30-9-8-29-13-26-27-21(29)12-30)10-19(28(14)2)22(31)25-11-16-15-4-3-7-24-18(15)6-5-17(16)23/h3-7,10,13H,8-9,11-12H2,1-2H3,(H,25,31). The highest BCUT2D eigenvalue weighted by molar-refractivity contribution is 7.89. The van der Waals surface area contributed by atoms with Gasteiger partial charge in [0.25, 0.3) is 5.91 Å². The molecule has 1 N–H and O–H groups in total. The van der Waals surface area contributed by atoms with Crippen LogP contribution in [0.2, 0.25) is 5.02 Å². The largest absolute Gasteiger partial charge is 0.347 e. The first-order valence-corrected chi connectivity index (χ1v) is 12.4. The Bertz CT molecular complexity index is 1530. The number of amides is 1. The average Bonchev–Trinajstić information content (AvgIpc) is 3.42. The molecule has 34 heavy (non-hydrogen) atoms. The molecule has 1 aliphatic heterocycles. The minimum atomic E-state index is -3.83. The van der Waals surface area contributed by atoms with E-state index in [0.29, 0.717) is 29.6 Å². The summed E-state index contributed by atoms with van der Waals surface area (Å²) in [5.74, 6) is 0.185. The third-order valence-corrected chi connectivity index (χ3v) is 8.52. The van der Waals surface area contributed by atoms with Gasteiger partial charge in [-0.1, -0.05) is 17.7 Å². The van der Waals surface area contributed by atoms with E-state index in [1.807, 2.05) is 22.8 Å². The number of sulfonamides is 1. The normalized spacial score (nSPS) is 14.3. The molecule has 0 saturated heterocycles. The Labute approximate surface area is 201 Å². The number of nitrogens with zero attached hydrogens (tertiary/aromatic N) is 6. The molecule has 3 aromatic heterocycles. The zero-order valence-corrected chi connectivity index (χ0v) is 20.1. The van der Waals surface area contributed by atoms with Crippen molar-refractivity contribution in [2.45, 2.75) is 31.5 Å². The van der Waals surface area contributed by atoms with Crippen molar-refractivity contribution in [3.63, 3.8) is 0 Å². The minimum absolute atomic E-state index is 0.0977. The predicted molar refractivity (Wildman–Crippen MR) is 126 cm³/mol. The van der Waals surface area contributed by atoms with Gasteiger partial charge in [-0.3, -0.25) is 9.78 Å². The summed E-state index contributed by atoms with van der Waals surface area (Å²) in [4.78, 5) is 17.5. The van der Waals surface area contributed by atoms with E-state index in [-0.39, 0.29) is 23.7 Å². The van der Waals surface area contributed by atoms with E-state index in [4.69, 9.17) is 11.6 Å². The fraction of sp³-hybridized carbons (Fsp3) is 0.273. The number of halogens is 1. The van der Waals surface area contributed by atoms with Crippen molar-refractivity contribution < 1.29 is 13.2 Å². The number of carbonyl (C=O) groups excluding carboxylic acids is 1. The van der Waals surface area contributed by atoms with E-state index in [9.17, 15) is 13.2 Å². The molecule has 0 bridgehead atoms. The number of hydrogen-bond donors (Lipinski definition) is 1. The van der Waals surface area contributed by atoms with Crippen LogP contribution in [0.4, 0.5) is 0 Å². The van der Waals surface area contributed by atoms with E-state index < -0.39 is 15.9 Å². The Hall–Kier alpha value is -3.28. The molecule has 0 radical (unpaired) electrons. The van der Waals surface area contributed by atoms with E-state index in [0.717, 1.165) is 16.5 Å². The molecule has 1 amide bonds. The number of fused-ring (bicyclic) bond motifs is 2. The fourth-order valence-corrected chi connectivity index (χ4v) is 6.05. The maximum Gasteiger partial charge on any atom is 0.268 e. The molecule has 176 valence electrons. The SMILES string of the molecule is Cc1c(S(=O)(=O)N2CCn3cnnc3C2)cc(C(=O)NCc2c(Cl)ccc3ncccc23)n1C. The summed E-state index contributed by atoms with van der Waals surface area (Å²) < 4.78 is 31.6. The Morgan fingerprint density at radius 2 is 2.06 bits per heavy atom. The van der Waals surface area contributed by atoms with Crippen LogP contribution in [0.15, 0.2) is 47.8 Å². The summed E-state index contributed by atoms with van der Waals surface area (Å²) in [7, 11) is -2.16. The summed E-state index contributed by atoms with van der Waals surface area (Å²) in [6, 6.07) is 8.70. The van der Waals surface area contributed by atoms with Crippen LogP contribution in [0.5, 0.6) is 0 Å². The van der Waals surface area contributed by atoms with Crippen LogP contribution in [0.25, 0.3) is 10.9 Å². The van der Waals surface area contributed by atoms with Gasteiger partial charge in [0, 0.05) is 49.0 Å². The van der Waals surface area contributed by atoms with E-state index in [1.165, 1.54) is 10.4 Å². The van der Waals surface area contributed by atoms with Crippen molar-refractivity contribution in [1.29, 1.82) is 0 Å². The van der Waals surface area contributed by atoms with Crippen molar-refractivity contribution in [1.82, 2.24) is 33.9 Å². The number of rotatable bonds is 5. The maximum absolute atomic E-state index is 13.4. The zero-order chi connectivity index (χ0) is 24.0. The average molecular weight is 500 g/mol. The quantitative estimate of drug-likeness (QED) is 0.450. The third-order valence-electron chi connectivity index (χ3n) is 6.21. The number of nitrogens with one attached hydrogen (secondary N) is 1. The molecule has 10 nitrogen and oxygen atoms in total. The van der Waals surface area contributed by atoms with Crippen LogP contribution in [0.1, 0.15) is 27.6 Å². The summed E-state index contributed by atoms with van der Waals surface area (Å²) in [6.07, 6.45) is 3.28. The van der Waals surface area contributed by atoms with Crippen molar-refractivity contribution >= 4 is 38.4 Å². The molecule has 0 atom stereocenters. The van der Waals surface area contributed by atoms with Crippen molar-refractivity contribution in [3.05, 3.63) is 70.7 Å². The molecule has 4 heterocycles. The summed E-state index contributed by atoms with van der Waals surface area (Å²) in [6.45, 7) is 2.77. The Morgan fingerprint density at radius 3 is 2.88 bits per heavy atom. The Morgan fingerprint density at radius 1 is 1.24 bits per heavy atom. The number of carbonyl (C=O) groups is 1. The lowest BCUT2D eigenvalue weighted by Crippen LogP contribution is -2.38. The molecule has 4 aromatic rings. The van der Waals surface area contributed by atoms with Gasteiger partial charge in [0.15, 0.2) is 0 Å². The van der Waals surface area contributed by atoms with Crippen molar-refractivity contribution in [2.75, 3.05) is 6.54 Å². The minimum Gasteiger partial charge on any atom is -0.347 e. The molecule has 0 unspecified atom stereocenters. The van der Waals surface area contributed by atoms with Gasteiger partial charge >= 0.3 is 0 Å². The van der Waals surface area contributed by atoms with Gasteiger partial charge in [-0.15, -0.1) is 10.2 Å². The second-order valence-corrected chi connectivity index (χ2v) is 10.4. The van der Waals surface area contributed by atoms with Crippen LogP contribution >= 0.6 is 11.6 Å². The molecule has 0 aliphatic carbocycles. The molecular weight excluding hydrogens is 478 g/mol.